The molecule has 1 atom stereocenters. The van der Waals surface area contributed by atoms with E-state index >= 15 is 0 Å². The Morgan fingerprint density at radius 1 is 0.303 bits per heavy atom. The predicted octanol–water partition coefficient (Wildman–Crippen LogP) is 18.6. The van der Waals surface area contributed by atoms with Gasteiger partial charge in [0, 0.05) is 27.8 Å². The lowest BCUT2D eigenvalue weighted by Gasteiger charge is -2.39. The minimum Gasteiger partial charge on any atom is -0.310 e. The van der Waals surface area contributed by atoms with E-state index in [2.05, 4.69) is 313 Å². The maximum atomic E-state index is 2.52. The summed E-state index contributed by atoms with van der Waals surface area (Å²) in [5.41, 5.74) is 23.6. The molecule has 0 bridgehead atoms. The molecule has 2 nitrogen and oxygen atoms in total. The minimum atomic E-state index is -0.510. The van der Waals surface area contributed by atoms with Gasteiger partial charge in [-0.15, -0.1) is 0 Å². The molecule has 76 heavy (non-hydrogen) atoms. The Morgan fingerprint density at radius 2 is 0.789 bits per heavy atom. The molecular formula is C74H50N2. The Bertz CT molecular complexity index is 4210. The lowest BCUT2D eigenvalue weighted by molar-refractivity contribution is 0.745. The fraction of sp³-hybridized carbons (Fsp3) is 0.0270. The second-order valence-corrected chi connectivity index (χ2v) is 20.3. The maximum absolute atomic E-state index is 2.52. The van der Waals surface area contributed by atoms with Crippen LogP contribution in [0.1, 0.15) is 44.5 Å². The summed E-state index contributed by atoms with van der Waals surface area (Å²) in [5, 5.41) is 2.57. The largest absolute Gasteiger partial charge is 0.310 e. The van der Waals surface area contributed by atoms with Gasteiger partial charge in [0.15, 0.2) is 0 Å². The standard InChI is InChI=1S/C74H50N2/c1-5-23-54(24-6-1)73(55-25-7-2-8-26-55,56-27-9-3-10-28-56)57-46-42-51(43-47-57)53-22-19-31-60(50-53)75(58-29-11-4-12-30-58)59-48-44-52(45-49-59)61-34-20-38-67-71(61)64-33-13-15-36-65(64)74(67)66-37-16-18-41-70(66)76-69-40-17-14-32-62(69)63-35-21-39-68(74)72(63)76/h1-50H. The Balaban J connectivity index is 0.834. The molecule has 0 fully saturated rings. The monoisotopic (exact) mass is 966 g/mol. The highest BCUT2D eigenvalue weighted by molar-refractivity contribution is 6.13. The van der Waals surface area contributed by atoms with Gasteiger partial charge in [-0.3, -0.25) is 0 Å². The van der Waals surface area contributed by atoms with Crippen molar-refractivity contribution >= 4 is 38.9 Å². The summed E-state index contributed by atoms with van der Waals surface area (Å²) < 4.78 is 2.52. The summed E-state index contributed by atoms with van der Waals surface area (Å²) in [7, 11) is 0. The Kier molecular flexibility index (Phi) is 10.0. The third kappa shape index (κ3) is 6.34. The summed E-state index contributed by atoms with van der Waals surface area (Å²) in [4.78, 5) is 2.38. The van der Waals surface area contributed by atoms with Crippen LogP contribution in [0.3, 0.4) is 0 Å². The molecule has 0 saturated heterocycles. The lowest BCUT2D eigenvalue weighted by Crippen LogP contribution is -2.33. The first-order chi connectivity index (χ1) is 37.7. The van der Waals surface area contributed by atoms with Crippen molar-refractivity contribution in [1.82, 2.24) is 4.57 Å². The number of fused-ring (bicyclic) bond motifs is 12. The summed E-state index contributed by atoms with van der Waals surface area (Å²) in [6.07, 6.45) is 0. The van der Waals surface area contributed by atoms with E-state index in [0.29, 0.717) is 0 Å². The third-order valence-corrected chi connectivity index (χ3v) is 16.5. The van der Waals surface area contributed by atoms with E-state index in [1.807, 2.05) is 0 Å². The SMILES string of the molecule is c1ccc(N(c2ccc(-c3cccc4c3-c3ccccc3C43c4ccccc4-n4c5ccccc5c5cccc3c54)cc2)c2cccc(-c3ccc(C(c4ccccc4)(c4ccccc4)c4ccccc4)cc3)c2)cc1. The van der Waals surface area contributed by atoms with E-state index in [-0.39, 0.29) is 0 Å². The summed E-state index contributed by atoms with van der Waals surface area (Å²) in [6, 6.07) is 112. The first kappa shape index (κ1) is 43.8. The van der Waals surface area contributed by atoms with E-state index in [0.717, 1.165) is 28.2 Å². The lowest BCUT2D eigenvalue weighted by atomic mass is 9.65. The highest BCUT2D eigenvalue weighted by Crippen LogP contribution is 2.62. The molecule has 1 aliphatic heterocycles. The van der Waals surface area contributed by atoms with Crippen LogP contribution in [0.4, 0.5) is 17.1 Å². The van der Waals surface area contributed by atoms with Gasteiger partial charge < -0.3 is 9.47 Å². The van der Waals surface area contributed by atoms with E-state index in [1.54, 1.807) is 0 Å². The van der Waals surface area contributed by atoms with E-state index < -0.39 is 10.8 Å². The second-order valence-electron chi connectivity index (χ2n) is 20.3. The number of aromatic nitrogens is 1. The van der Waals surface area contributed by atoms with Crippen LogP contribution >= 0.6 is 0 Å². The summed E-state index contributed by atoms with van der Waals surface area (Å²) in [5.74, 6) is 0. The summed E-state index contributed by atoms with van der Waals surface area (Å²) >= 11 is 0. The molecule has 13 aromatic rings. The molecule has 2 heteroatoms. The van der Waals surface area contributed by atoms with Gasteiger partial charge in [0.2, 0.25) is 0 Å². The van der Waals surface area contributed by atoms with Crippen LogP contribution < -0.4 is 4.90 Å². The number of benzene rings is 12. The topological polar surface area (TPSA) is 8.17 Å². The van der Waals surface area contributed by atoms with Gasteiger partial charge >= 0.3 is 0 Å². The zero-order valence-corrected chi connectivity index (χ0v) is 41.8. The average molecular weight is 967 g/mol. The fourth-order valence-electron chi connectivity index (χ4n) is 13.5. The number of anilines is 3. The van der Waals surface area contributed by atoms with Crippen molar-refractivity contribution in [2.24, 2.45) is 0 Å². The van der Waals surface area contributed by atoms with Crippen molar-refractivity contribution in [2.45, 2.75) is 10.8 Å². The zero-order valence-electron chi connectivity index (χ0n) is 41.8. The van der Waals surface area contributed by atoms with Gasteiger partial charge in [-0.1, -0.05) is 255 Å². The van der Waals surface area contributed by atoms with Crippen LogP contribution in [0.25, 0.3) is 60.9 Å². The molecule has 12 aromatic carbocycles. The molecule has 2 aliphatic rings. The normalized spacial score (nSPS) is 14.1. The first-order valence-electron chi connectivity index (χ1n) is 26.4. The van der Waals surface area contributed by atoms with E-state index in [4.69, 9.17) is 0 Å². The molecule has 1 spiro atoms. The number of hydrogen-bond donors (Lipinski definition) is 0. The second kappa shape index (κ2) is 17.4. The van der Waals surface area contributed by atoms with Gasteiger partial charge in [-0.25, -0.2) is 0 Å². The minimum absolute atomic E-state index is 0.507. The molecule has 0 radical (unpaired) electrons. The number of rotatable bonds is 9. The molecular weight excluding hydrogens is 917 g/mol. The Labute approximate surface area is 443 Å². The van der Waals surface area contributed by atoms with Crippen LogP contribution in [0.5, 0.6) is 0 Å². The maximum Gasteiger partial charge on any atom is 0.0754 e. The molecule has 0 amide bonds. The van der Waals surface area contributed by atoms with E-state index in [9.17, 15) is 0 Å². The van der Waals surface area contributed by atoms with Gasteiger partial charge in [-0.2, -0.15) is 0 Å². The first-order valence-corrected chi connectivity index (χ1v) is 26.4. The van der Waals surface area contributed by atoms with Crippen molar-refractivity contribution in [3.8, 4) is 39.1 Å². The zero-order chi connectivity index (χ0) is 50.2. The van der Waals surface area contributed by atoms with Gasteiger partial charge in [-0.05, 0) is 126 Å². The third-order valence-electron chi connectivity index (χ3n) is 16.5. The molecule has 1 aliphatic carbocycles. The van der Waals surface area contributed by atoms with Crippen molar-refractivity contribution < 1.29 is 0 Å². The predicted molar refractivity (Wildman–Crippen MR) is 316 cm³/mol. The highest BCUT2D eigenvalue weighted by Gasteiger charge is 2.51. The highest BCUT2D eigenvalue weighted by atomic mass is 15.1. The number of para-hydroxylation sites is 4. The van der Waals surface area contributed by atoms with Crippen molar-refractivity contribution in [1.29, 1.82) is 0 Å². The smallest absolute Gasteiger partial charge is 0.0754 e. The van der Waals surface area contributed by atoms with Crippen LogP contribution in [0.15, 0.2) is 303 Å². The number of nitrogens with zero attached hydrogens (tertiary/aromatic N) is 2. The van der Waals surface area contributed by atoms with Gasteiger partial charge in [0.25, 0.3) is 0 Å². The van der Waals surface area contributed by atoms with Gasteiger partial charge in [0.1, 0.15) is 0 Å². The molecule has 2 heterocycles. The fourth-order valence-corrected chi connectivity index (χ4v) is 13.5. The van der Waals surface area contributed by atoms with Crippen LogP contribution in [0, 0.1) is 0 Å². The Hall–Kier alpha value is -9.76. The molecule has 356 valence electrons. The molecule has 1 aromatic heterocycles. The molecule has 0 saturated carbocycles. The Morgan fingerprint density at radius 3 is 1.50 bits per heavy atom. The van der Waals surface area contributed by atoms with Crippen molar-refractivity contribution in [3.05, 3.63) is 348 Å². The van der Waals surface area contributed by atoms with Crippen LogP contribution in [-0.2, 0) is 10.8 Å². The van der Waals surface area contributed by atoms with Crippen molar-refractivity contribution in [3.63, 3.8) is 0 Å². The molecule has 1 unspecified atom stereocenters. The molecule has 15 rings (SSSR count). The number of hydrogen-bond acceptors (Lipinski definition) is 1. The molecule has 0 N–H and O–H groups in total. The van der Waals surface area contributed by atoms with Gasteiger partial charge in [0.05, 0.1) is 27.6 Å². The summed E-state index contributed by atoms with van der Waals surface area (Å²) in [6.45, 7) is 0. The van der Waals surface area contributed by atoms with Crippen LogP contribution in [0.2, 0.25) is 0 Å². The van der Waals surface area contributed by atoms with Crippen molar-refractivity contribution in [2.75, 3.05) is 4.90 Å². The van der Waals surface area contributed by atoms with Crippen LogP contribution in [-0.4, -0.2) is 4.57 Å². The van der Waals surface area contributed by atoms with E-state index in [1.165, 1.54) is 94.3 Å². The average Bonchev–Trinajstić information content (AvgIpc) is 4.22. The quantitative estimate of drug-likeness (QED) is 0.131.